The van der Waals surface area contributed by atoms with Gasteiger partial charge in [-0.3, -0.25) is 0 Å². The quantitative estimate of drug-likeness (QED) is 0.679. The smallest absolute Gasteiger partial charge is 0.184 e. The van der Waals surface area contributed by atoms with Crippen LogP contribution < -0.4 is 10.1 Å². The summed E-state index contributed by atoms with van der Waals surface area (Å²) in [6.45, 7) is 3.62. The number of benzene rings is 1. The first-order chi connectivity index (χ1) is 10.0. The largest absolute Gasteiger partial charge is 0.468 e. The van der Waals surface area contributed by atoms with E-state index in [9.17, 15) is 0 Å². The van der Waals surface area contributed by atoms with Crippen molar-refractivity contribution < 1.29 is 9.47 Å². The molecule has 2 atom stereocenters. The van der Waals surface area contributed by atoms with Crippen molar-refractivity contribution in [1.29, 1.82) is 0 Å². The molecule has 2 aliphatic heterocycles. The second-order valence-electron chi connectivity index (χ2n) is 5.66. The zero-order valence-corrected chi connectivity index (χ0v) is 13.8. The molecule has 1 N–H and O–H groups in total. The third-order valence-electron chi connectivity index (χ3n) is 4.10. The van der Waals surface area contributed by atoms with Crippen LogP contribution in [0.3, 0.4) is 0 Å². The topological polar surface area (TPSA) is 33.7 Å². The van der Waals surface area contributed by atoms with Crippen molar-refractivity contribution in [2.24, 2.45) is 0 Å². The normalized spacial score (nSPS) is 26.9. The average Bonchev–Trinajstić information content (AvgIpc) is 2.43. The average molecular weight is 327 g/mol. The molecule has 1 aromatic rings. The molecule has 0 spiro atoms. The maximum Gasteiger partial charge on any atom is 0.184 e. The van der Waals surface area contributed by atoms with Crippen molar-refractivity contribution in [1.82, 2.24) is 10.2 Å². The lowest BCUT2D eigenvalue weighted by Crippen LogP contribution is -2.64. The lowest BCUT2D eigenvalue weighted by Gasteiger charge is -2.52. The number of halogens is 1. The van der Waals surface area contributed by atoms with Gasteiger partial charge in [-0.05, 0) is 43.8 Å². The van der Waals surface area contributed by atoms with Crippen LogP contribution in [0.5, 0.6) is 5.75 Å². The highest BCUT2D eigenvalue weighted by molar-refractivity contribution is 7.80. The van der Waals surface area contributed by atoms with Crippen LogP contribution in [0, 0.1) is 0 Å². The number of methoxy groups -OCH3 is 1. The highest BCUT2D eigenvalue weighted by Crippen LogP contribution is 2.44. The van der Waals surface area contributed by atoms with E-state index in [0.717, 1.165) is 40.8 Å². The summed E-state index contributed by atoms with van der Waals surface area (Å²) in [5, 5.41) is 4.86. The van der Waals surface area contributed by atoms with Crippen LogP contribution in [0.1, 0.15) is 31.4 Å². The van der Waals surface area contributed by atoms with E-state index < -0.39 is 5.72 Å². The lowest BCUT2D eigenvalue weighted by atomic mass is 9.90. The summed E-state index contributed by atoms with van der Waals surface area (Å²) in [4.78, 5) is 2.12. The standard InChI is InChI=1S/C15H19ClN2O2S/c1-15-9-12(11-8-10(16)4-5-13(11)20-15)17-14(21)18(15)6-3-7-19-2/h4-5,8,12H,3,6-7,9H2,1-2H3,(H,17,21). The third kappa shape index (κ3) is 2.70. The van der Waals surface area contributed by atoms with Crippen LogP contribution >= 0.6 is 23.8 Å². The molecule has 114 valence electrons. The Labute approximate surface area is 135 Å². The molecule has 4 nitrogen and oxygen atoms in total. The van der Waals surface area contributed by atoms with E-state index >= 15 is 0 Å². The molecule has 2 bridgehead atoms. The summed E-state index contributed by atoms with van der Waals surface area (Å²) in [5.74, 6) is 0.880. The first-order valence-corrected chi connectivity index (χ1v) is 7.88. The van der Waals surface area contributed by atoms with Crippen LogP contribution in [0.25, 0.3) is 0 Å². The summed E-state index contributed by atoms with van der Waals surface area (Å²) in [5.41, 5.74) is 0.667. The fourth-order valence-corrected chi connectivity index (χ4v) is 3.70. The first-order valence-electron chi connectivity index (χ1n) is 7.09. The number of nitrogens with zero attached hydrogens (tertiary/aromatic N) is 1. The molecular weight excluding hydrogens is 308 g/mol. The Bertz CT molecular complexity index is 569. The van der Waals surface area contributed by atoms with E-state index in [1.54, 1.807) is 7.11 Å². The first kappa shape index (κ1) is 14.9. The monoisotopic (exact) mass is 326 g/mol. The molecule has 0 aliphatic carbocycles. The van der Waals surface area contributed by atoms with Gasteiger partial charge in [0.25, 0.3) is 0 Å². The second-order valence-corrected chi connectivity index (χ2v) is 6.49. The van der Waals surface area contributed by atoms with Crippen LogP contribution in [0.2, 0.25) is 5.02 Å². The van der Waals surface area contributed by atoms with E-state index in [2.05, 4.69) is 17.1 Å². The zero-order valence-electron chi connectivity index (χ0n) is 12.2. The molecule has 21 heavy (non-hydrogen) atoms. The Morgan fingerprint density at radius 3 is 3.14 bits per heavy atom. The molecule has 2 unspecified atom stereocenters. The molecule has 0 amide bonds. The van der Waals surface area contributed by atoms with Crippen LogP contribution in [0.15, 0.2) is 18.2 Å². The van der Waals surface area contributed by atoms with Gasteiger partial charge in [-0.15, -0.1) is 0 Å². The number of fused-ring (bicyclic) bond motifs is 4. The van der Waals surface area contributed by atoms with Crippen LogP contribution in [-0.2, 0) is 4.74 Å². The van der Waals surface area contributed by atoms with Gasteiger partial charge in [-0.1, -0.05) is 11.6 Å². The molecule has 1 fully saturated rings. The van der Waals surface area contributed by atoms with Gasteiger partial charge in [0.1, 0.15) is 5.75 Å². The lowest BCUT2D eigenvalue weighted by molar-refractivity contribution is -0.0698. The predicted octanol–water partition coefficient (Wildman–Crippen LogP) is 3.11. The molecule has 0 saturated carbocycles. The van der Waals surface area contributed by atoms with Gasteiger partial charge >= 0.3 is 0 Å². The Morgan fingerprint density at radius 1 is 1.57 bits per heavy atom. The summed E-state index contributed by atoms with van der Waals surface area (Å²) in [7, 11) is 1.71. The van der Waals surface area contributed by atoms with E-state index in [4.69, 9.17) is 33.3 Å². The molecule has 3 rings (SSSR count). The maximum absolute atomic E-state index is 6.26. The van der Waals surface area contributed by atoms with E-state index in [0.29, 0.717) is 6.61 Å². The molecule has 1 aromatic carbocycles. The highest BCUT2D eigenvalue weighted by Gasteiger charge is 2.47. The molecule has 2 heterocycles. The number of thiocarbonyl (C=S) groups is 1. The van der Waals surface area contributed by atoms with E-state index in [-0.39, 0.29) is 6.04 Å². The molecule has 0 radical (unpaired) electrons. The molecular formula is C15H19ClN2O2S. The molecule has 2 aliphatic rings. The Balaban J connectivity index is 1.88. The Hall–Kier alpha value is -1.04. The Morgan fingerprint density at radius 2 is 2.38 bits per heavy atom. The van der Waals surface area contributed by atoms with Crippen molar-refractivity contribution in [2.45, 2.75) is 31.5 Å². The highest BCUT2D eigenvalue weighted by atomic mass is 35.5. The summed E-state index contributed by atoms with van der Waals surface area (Å²) in [6.07, 6.45) is 1.75. The van der Waals surface area contributed by atoms with Gasteiger partial charge in [0, 0.05) is 37.3 Å². The minimum atomic E-state index is -0.415. The number of hydrogen-bond acceptors (Lipinski definition) is 3. The summed E-state index contributed by atoms with van der Waals surface area (Å²) in [6, 6.07) is 5.91. The minimum absolute atomic E-state index is 0.156. The van der Waals surface area contributed by atoms with Gasteiger partial charge in [0.2, 0.25) is 0 Å². The Kier molecular flexibility index (Phi) is 3.99. The van der Waals surface area contributed by atoms with Crippen molar-refractivity contribution in [3.05, 3.63) is 28.8 Å². The van der Waals surface area contributed by atoms with E-state index in [1.807, 2.05) is 18.2 Å². The van der Waals surface area contributed by atoms with E-state index in [1.165, 1.54) is 0 Å². The van der Waals surface area contributed by atoms with Gasteiger partial charge < -0.3 is 19.7 Å². The summed E-state index contributed by atoms with van der Waals surface area (Å²) >= 11 is 11.6. The second kappa shape index (κ2) is 5.63. The number of rotatable bonds is 4. The minimum Gasteiger partial charge on any atom is -0.468 e. The number of nitrogens with one attached hydrogen (secondary N) is 1. The fraction of sp³-hybridized carbons (Fsp3) is 0.533. The zero-order chi connectivity index (χ0) is 15.0. The fourth-order valence-electron chi connectivity index (χ4n) is 3.09. The van der Waals surface area contributed by atoms with Gasteiger partial charge in [0.15, 0.2) is 10.8 Å². The molecule has 0 aromatic heterocycles. The van der Waals surface area contributed by atoms with Gasteiger partial charge in [-0.25, -0.2) is 0 Å². The molecule has 6 heteroatoms. The summed E-state index contributed by atoms with van der Waals surface area (Å²) < 4.78 is 11.4. The van der Waals surface area contributed by atoms with Crippen LogP contribution in [-0.4, -0.2) is 36.0 Å². The maximum atomic E-state index is 6.26. The van der Waals surface area contributed by atoms with Gasteiger partial charge in [-0.2, -0.15) is 0 Å². The van der Waals surface area contributed by atoms with Gasteiger partial charge in [0.05, 0.1) is 6.04 Å². The number of hydrogen-bond donors (Lipinski definition) is 1. The predicted molar refractivity (Wildman–Crippen MR) is 86.8 cm³/mol. The SMILES string of the molecule is COCCCN1C(=S)NC2CC1(C)Oc1ccc(Cl)cc12. The van der Waals surface area contributed by atoms with Crippen molar-refractivity contribution in [2.75, 3.05) is 20.3 Å². The van der Waals surface area contributed by atoms with Crippen molar-refractivity contribution >= 4 is 28.9 Å². The molecule has 1 saturated heterocycles. The number of ether oxygens (including phenoxy) is 2. The van der Waals surface area contributed by atoms with Crippen LogP contribution in [0.4, 0.5) is 0 Å². The third-order valence-corrected chi connectivity index (χ3v) is 4.68. The van der Waals surface area contributed by atoms with Crippen molar-refractivity contribution in [3.8, 4) is 5.75 Å². The van der Waals surface area contributed by atoms with Crippen molar-refractivity contribution in [3.63, 3.8) is 0 Å².